The van der Waals surface area contributed by atoms with Crippen molar-refractivity contribution >= 4 is 11.8 Å². The number of aliphatic carboxylic acids is 1. The summed E-state index contributed by atoms with van der Waals surface area (Å²) in [7, 11) is 0. The summed E-state index contributed by atoms with van der Waals surface area (Å²) in [5, 5.41) is 8.87. The number of aryl methyl sites for hydroxylation is 3. The molecule has 1 heterocycles. The van der Waals surface area contributed by atoms with Gasteiger partial charge in [-0.3, -0.25) is 9.59 Å². The lowest BCUT2D eigenvalue weighted by Gasteiger charge is -2.26. The Hall–Kier alpha value is -3.40. The van der Waals surface area contributed by atoms with Crippen LogP contribution in [0.25, 0.3) is 11.1 Å². The van der Waals surface area contributed by atoms with E-state index < -0.39 is 5.97 Å². The number of carboxylic acid groups (broad SMARTS) is 1. The van der Waals surface area contributed by atoms with E-state index in [4.69, 9.17) is 9.84 Å². The normalized spacial score (nSPS) is 14.6. The Bertz CT molecular complexity index is 1110. The highest BCUT2D eigenvalue weighted by Gasteiger charge is 2.28. The Morgan fingerprint density at radius 1 is 1.00 bits per heavy atom. The quantitative estimate of drug-likeness (QED) is 0.488. The molecule has 0 aromatic heterocycles. The highest BCUT2D eigenvalue weighted by molar-refractivity contribution is 6.00. The third-order valence-corrected chi connectivity index (χ3v) is 5.64. The molecule has 166 valence electrons. The molecule has 1 unspecified atom stereocenters. The van der Waals surface area contributed by atoms with E-state index in [9.17, 15) is 9.59 Å². The van der Waals surface area contributed by atoms with Crippen molar-refractivity contribution in [1.82, 2.24) is 0 Å². The fraction of sp³-hybridized carbons (Fsp3) is 0.286. The number of carbonyl (C=O) groups is 2. The molecule has 0 aliphatic carbocycles. The summed E-state index contributed by atoms with van der Waals surface area (Å²) in [6, 6.07) is 19.9. The van der Waals surface area contributed by atoms with Crippen LogP contribution in [0.5, 0.6) is 5.75 Å². The van der Waals surface area contributed by atoms with E-state index in [0.29, 0.717) is 17.7 Å². The molecule has 3 aromatic rings. The van der Waals surface area contributed by atoms with Crippen LogP contribution in [0.2, 0.25) is 0 Å². The molecule has 1 aliphatic heterocycles. The van der Waals surface area contributed by atoms with E-state index >= 15 is 0 Å². The van der Waals surface area contributed by atoms with E-state index in [1.807, 2.05) is 32.0 Å². The van der Waals surface area contributed by atoms with Crippen LogP contribution in [-0.2, 0) is 11.2 Å². The Labute approximate surface area is 189 Å². The Balaban J connectivity index is 0.00000141. The second-order valence-electron chi connectivity index (χ2n) is 7.85. The van der Waals surface area contributed by atoms with E-state index in [1.165, 1.54) is 16.7 Å². The first-order valence-electron chi connectivity index (χ1n) is 11.1. The van der Waals surface area contributed by atoms with E-state index in [0.717, 1.165) is 16.7 Å². The fourth-order valence-corrected chi connectivity index (χ4v) is 4.13. The summed E-state index contributed by atoms with van der Waals surface area (Å²) < 4.78 is 6.18. The summed E-state index contributed by atoms with van der Waals surface area (Å²) in [6.45, 7) is 8.21. The van der Waals surface area contributed by atoms with Gasteiger partial charge < -0.3 is 9.84 Å². The molecular formula is C28H30O4. The number of carbonyl (C=O) groups excluding carboxylic acids is 1. The molecule has 1 atom stereocenters. The molecule has 0 fully saturated rings. The minimum Gasteiger partial charge on any atom is -0.484 e. The summed E-state index contributed by atoms with van der Waals surface area (Å²) in [6.07, 6.45) is 0.378. The molecule has 4 nitrogen and oxygen atoms in total. The number of ketones is 1. The summed E-state index contributed by atoms with van der Waals surface area (Å²) in [5.74, 6) is -0.261. The largest absolute Gasteiger partial charge is 0.484 e. The molecule has 0 bridgehead atoms. The predicted molar refractivity (Wildman–Crippen MR) is 127 cm³/mol. The summed E-state index contributed by atoms with van der Waals surface area (Å²) in [5.41, 5.74) is 7.12. The van der Waals surface area contributed by atoms with Gasteiger partial charge in [-0.25, -0.2) is 0 Å². The van der Waals surface area contributed by atoms with Crippen molar-refractivity contribution in [3.8, 4) is 16.9 Å². The number of rotatable bonds is 5. The molecule has 1 aliphatic rings. The summed E-state index contributed by atoms with van der Waals surface area (Å²) in [4.78, 5) is 23.6. The topological polar surface area (TPSA) is 63.6 Å². The minimum atomic E-state index is -0.848. The third kappa shape index (κ3) is 5.08. The Morgan fingerprint density at radius 2 is 1.69 bits per heavy atom. The zero-order valence-electron chi connectivity index (χ0n) is 19.1. The van der Waals surface area contributed by atoms with Crippen molar-refractivity contribution in [2.24, 2.45) is 0 Å². The lowest BCUT2D eigenvalue weighted by atomic mass is 9.91. The van der Waals surface area contributed by atoms with Crippen LogP contribution >= 0.6 is 0 Å². The van der Waals surface area contributed by atoms with Gasteiger partial charge in [0.1, 0.15) is 11.9 Å². The van der Waals surface area contributed by atoms with Gasteiger partial charge in [-0.1, -0.05) is 56.3 Å². The van der Waals surface area contributed by atoms with Crippen LogP contribution < -0.4 is 4.74 Å². The van der Waals surface area contributed by atoms with Crippen molar-refractivity contribution in [1.29, 1.82) is 0 Å². The molecule has 0 radical (unpaired) electrons. The SMILES string of the molecule is CC.Cc1cccc(C)c1-c1cccc(C2CC(=O)c3cc(CCC(=O)O)ccc3O2)c1. The van der Waals surface area contributed by atoms with Crippen LogP contribution in [0.4, 0.5) is 0 Å². The molecule has 0 saturated heterocycles. The maximum atomic E-state index is 12.8. The van der Waals surface area contributed by atoms with Crippen LogP contribution in [0.15, 0.2) is 60.7 Å². The van der Waals surface area contributed by atoms with Crippen molar-refractivity contribution < 1.29 is 19.4 Å². The number of fused-ring (bicyclic) bond motifs is 1. The molecule has 0 amide bonds. The van der Waals surface area contributed by atoms with E-state index in [-0.39, 0.29) is 24.7 Å². The first-order valence-corrected chi connectivity index (χ1v) is 11.1. The van der Waals surface area contributed by atoms with Gasteiger partial charge in [0, 0.05) is 6.42 Å². The number of ether oxygens (including phenoxy) is 1. The fourth-order valence-electron chi connectivity index (χ4n) is 4.13. The highest BCUT2D eigenvalue weighted by atomic mass is 16.5. The molecular weight excluding hydrogens is 400 g/mol. The van der Waals surface area contributed by atoms with Gasteiger partial charge in [-0.05, 0) is 71.8 Å². The van der Waals surface area contributed by atoms with Gasteiger partial charge in [0.15, 0.2) is 5.78 Å². The summed E-state index contributed by atoms with van der Waals surface area (Å²) >= 11 is 0. The second kappa shape index (κ2) is 10.3. The average molecular weight is 431 g/mol. The maximum absolute atomic E-state index is 12.8. The van der Waals surface area contributed by atoms with Crippen molar-refractivity contribution in [2.45, 2.75) is 53.1 Å². The second-order valence-corrected chi connectivity index (χ2v) is 7.85. The maximum Gasteiger partial charge on any atom is 0.303 e. The molecule has 0 spiro atoms. The first kappa shape index (κ1) is 23.3. The standard InChI is InChI=1S/C26H24O4.C2H6/c1-16-5-3-6-17(2)26(16)20-8-4-7-19(14-20)24-15-22(27)21-13-18(10-12-25(28)29)9-11-23(21)30-24;1-2/h3-9,11,13-14,24H,10,12,15H2,1-2H3,(H,28,29);1-2H3. The van der Waals surface area contributed by atoms with E-state index in [2.05, 4.69) is 44.2 Å². The zero-order valence-corrected chi connectivity index (χ0v) is 19.1. The lowest BCUT2D eigenvalue weighted by molar-refractivity contribution is -0.136. The van der Waals surface area contributed by atoms with Gasteiger partial charge in [0.2, 0.25) is 0 Å². The van der Waals surface area contributed by atoms with Crippen molar-refractivity contribution in [2.75, 3.05) is 0 Å². The number of hydrogen-bond acceptors (Lipinski definition) is 3. The van der Waals surface area contributed by atoms with Gasteiger partial charge in [0.25, 0.3) is 0 Å². The Morgan fingerprint density at radius 3 is 2.38 bits per heavy atom. The minimum absolute atomic E-state index is 0.0240. The zero-order chi connectivity index (χ0) is 23.3. The first-order chi connectivity index (χ1) is 15.4. The third-order valence-electron chi connectivity index (χ3n) is 5.64. The van der Waals surface area contributed by atoms with Gasteiger partial charge >= 0.3 is 5.97 Å². The molecule has 4 rings (SSSR count). The van der Waals surface area contributed by atoms with Crippen molar-refractivity contribution in [3.63, 3.8) is 0 Å². The number of hydrogen-bond donors (Lipinski definition) is 1. The highest BCUT2D eigenvalue weighted by Crippen LogP contribution is 2.37. The smallest absolute Gasteiger partial charge is 0.303 e. The molecule has 1 N–H and O–H groups in total. The van der Waals surface area contributed by atoms with Crippen LogP contribution in [-0.4, -0.2) is 16.9 Å². The van der Waals surface area contributed by atoms with Gasteiger partial charge in [0.05, 0.1) is 12.0 Å². The van der Waals surface area contributed by atoms with Gasteiger partial charge in [-0.15, -0.1) is 0 Å². The van der Waals surface area contributed by atoms with Crippen LogP contribution in [0.1, 0.15) is 65.4 Å². The number of Topliss-reactive ketones (excluding diaryl/α,β-unsaturated/α-hetero) is 1. The number of benzene rings is 3. The number of carboxylic acids is 1. The molecule has 4 heteroatoms. The van der Waals surface area contributed by atoms with E-state index in [1.54, 1.807) is 12.1 Å². The average Bonchev–Trinajstić information content (AvgIpc) is 2.79. The predicted octanol–water partition coefficient (Wildman–Crippen LogP) is 6.72. The molecule has 0 saturated carbocycles. The molecule has 32 heavy (non-hydrogen) atoms. The van der Waals surface area contributed by atoms with Crippen LogP contribution in [0, 0.1) is 13.8 Å². The molecule has 3 aromatic carbocycles. The lowest BCUT2D eigenvalue weighted by Crippen LogP contribution is -2.20. The van der Waals surface area contributed by atoms with Crippen LogP contribution in [0.3, 0.4) is 0 Å². The Kier molecular flexibility index (Phi) is 7.47. The monoisotopic (exact) mass is 430 g/mol. The van der Waals surface area contributed by atoms with Crippen molar-refractivity contribution in [3.05, 3.63) is 88.5 Å². The van der Waals surface area contributed by atoms with Gasteiger partial charge in [-0.2, -0.15) is 0 Å².